The molecule has 36 heavy (non-hydrogen) atoms. The van der Waals surface area contributed by atoms with Crippen LogP contribution in [0.25, 0.3) is 0 Å². The molecule has 1 amide bonds. The fraction of sp³-hybridized carbons (Fsp3) is 0.448. The normalized spacial score (nSPS) is 17.8. The summed E-state index contributed by atoms with van der Waals surface area (Å²) < 4.78 is 0. The lowest BCUT2D eigenvalue weighted by molar-refractivity contribution is 0.0949. The van der Waals surface area contributed by atoms with E-state index in [1.165, 1.54) is 18.4 Å². The van der Waals surface area contributed by atoms with Gasteiger partial charge in [0.1, 0.15) is 5.82 Å². The number of aromatic nitrogens is 2. The Balaban J connectivity index is 1.43. The van der Waals surface area contributed by atoms with Crippen molar-refractivity contribution in [1.82, 2.24) is 20.2 Å². The van der Waals surface area contributed by atoms with Crippen LogP contribution in [0.4, 0.5) is 5.69 Å². The number of hydrogen-bond donors (Lipinski definition) is 2. The second-order valence-electron chi connectivity index (χ2n) is 10.0. The monoisotopic (exact) mass is 507 g/mol. The maximum Gasteiger partial charge on any atom is 0.252 e. The highest BCUT2D eigenvalue weighted by Gasteiger charge is 2.28. The summed E-state index contributed by atoms with van der Waals surface area (Å²) in [5.41, 5.74) is 4.89. The van der Waals surface area contributed by atoms with Gasteiger partial charge in [-0.3, -0.25) is 4.79 Å². The molecule has 3 aromatic rings. The molecular weight excluding hydrogens is 470 g/mol. The number of benzene rings is 2. The minimum absolute atomic E-state index is 0.135. The van der Waals surface area contributed by atoms with Gasteiger partial charge in [0.15, 0.2) is 0 Å². The van der Waals surface area contributed by atoms with E-state index in [0.717, 1.165) is 48.6 Å². The first-order valence-electron chi connectivity index (χ1n) is 12.9. The summed E-state index contributed by atoms with van der Waals surface area (Å²) in [7, 11) is 4.34. The lowest BCUT2D eigenvalue weighted by atomic mass is 9.89. The largest absolute Gasteiger partial charge is 0.369 e. The summed E-state index contributed by atoms with van der Waals surface area (Å²) in [5.74, 6) is 0.603. The standard InChI is InChI=1S/C29H38ClN5O/c1-5-35(25-13-11-24(12-14-25)34(3)4)27-17-22(30)16-26(20(27)2)29(36)32-19-28-31-18-23(33-28)15-21-9-7-6-8-10-21/h6-10,16-18,24-25H,5,11-15,19H2,1-4H3,(H,31,33)(H,32,36). The highest BCUT2D eigenvalue weighted by molar-refractivity contribution is 6.31. The Morgan fingerprint density at radius 1 is 1.11 bits per heavy atom. The van der Waals surface area contributed by atoms with Crippen LogP contribution in [0.2, 0.25) is 5.02 Å². The van der Waals surface area contributed by atoms with Crippen LogP contribution in [-0.2, 0) is 13.0 Å². The first-order valence-corrected chi connectivity index (χ1v) is 13.3. The lowest BCUT2D eigenvalue weighted by Crippen LogP contribution is -2.42. The van der Waals surface area contributed by atoms with Gasteiger partial charge in [-0.1, -0.05) is 41.9 Å². The minimum atomic E-state index is -0.135. The lowest BCUT2D eigenvalue weighted by Gasteiger charge is -2.40. The Kier molecular flexibility index (Phi) is 8.70. The maximum absolute atomic E-state index is 13.2. The van der Waals surface area contributed by atoms with Crippen molar-refractivity contribution in [2.45, 2.75) is 64.6 Å². The molecule has 1 aliphatic carbocycles. The van der Waals surface area contributed by atoms with Gasteiger partial charge >= 0.3 is 0 Å². The van der Waals surface area contributed by atoms with Crippen LogP contribution < -0.4 is 10.2 Å². The molecule has 7 heteroatoms. The molecule has 0 bridgehead atoms. The van der Waals surface area contributed by atoms with E-state index < -0.39 is 0 Å². The molecule has 2 N–H and O–H groups in total. The molecule has 0 radical (unpaired) electrons. The number of anilines is 1. The second-order valence-corrected chi connectivity index (χ2v) is 10.4. The smallest absolute Gasteiger partial charge is 0.252 e. The number of rotatable bonds is 9. The van der Waals surface area contributed by atoms with Crippen molar-refractivity contribution in [1.29, 1.82) is 0 Å². The van der Waals surface area contributed by atoms with Gasteiger partial charge < -0.3 is 20.1 Å². The Bertz CT molecular complexity index is 1150. The molecule has 0 unspecified atom stereocenters. The number of amides is 1. The molecule has 1 heterocycles. The molecule has 0 aliphatic heterocycles. The molecule has 0 saturated heterocycles. The summed E-state index contributed by atoms with van der Waals surface area (Å²) in [6.07, 6.45) is 7.29. The molecule has 1 fully saturated rings. The zero-order valence-corrected chi connectivity index (χ0v) is 22.6. The van der Waals surface area contributed by atoms with Crippen LogP contribution in [0.5, 0.6) is 0 Å². The molecule has 0 atom stereocenters. The quantitative estimate of drug-likeness (QED) is 0.396. The molecule has 2 aromatic carbocycles. The summed E-state index contributed by atoms with van der Waals surface area (Å²) in [4.78, 5) is 25.8. The van der Waals surface area contributed by atoms with Crippen molar-refractivity contribution in [3.63, 3.8) is 0 Å². The zero-order chi connectivity index (χ0) is 25.7. The molecule has 6 nitrogen and oxygen atoms in total. The van der Waals surface area contributed by atoms with Gasteiger partial charge in [0.05, 0.1) is 6.54 Å². The van der Waals surface area contributed by atoms with E-state index in [-0.39, 0.29) is 5.91 Å². The van der Waals surface area contributed by atoms with Crippen molar-refractivity contribution in [2.75, 3.05) is 25.5 Å². The predicted octanol–water partition coefficient (Wildman–Crippen LogP) is 5.59. The van der Waals surface area contributed by atoms with Crippen molar-refractivity contribution >= 4 is 23.2 Å². The van der Waals surface area contributed by atoms with E-state index in [0.29, 0.717) is 29.2 Å². The summed E-state index contributed by atoms with van der Waals surface area (Å²) >= 11 is 6.54. The number of halogens is 1. The fourth-order valence-corrected chi connectivity index (χ4v) is 5.58. The van der Waals surface area contributed by atoms with Gasteiger partial charge in [0.2, 0.25) is 0 Å². The number of H-pyrrole nitrogens is 1. The van der Waals surface area contributed by atoms with Gasteiger partial charge in [-0.2, -0.15) is 0 Å². The Morgan fingerprint density at radius 2 is 1.81 bits per heavy atom. The highest BCUT2D eigenvalue weighted by atomic mass is 35.5. The van der Waals surface area contributed by atoms with Crippen LogP contribution in [0, 0.1) is 6.92 Å². The molecule has 1 aliphatic rings. The molecule has 4 rings (SSSR count). The summed E-state index contributed by atoms with van der Waals surface area (Å²) in [6, 6.07) is 15.2. The Morgan fingerprint density at radius 3 is 2.47 bits per heavy atom. The maximum atomic E-state index is 13.2. The molecular formula is C29H38ClN5O. The van der Waals surface area contributed by atoms with Gasteiger partial charge in [0, 0.05) is 53.2 Å². The van der Waals surface area contributed by atoms with Crippen LogP contribution >= 0.6 is 11.6 Å². The van der Waals surface area contributed by atoms with E-state index in [4.69, 9.17) is 11.6 Å². The average Bonchev–Trinajstić information content (AvgIpc) is 3.33. The number of nitrogens with one attached hydrogen (secondary N) is 2. The summed E-state index contributed by atoms with van der Waals surface area (Å²) in [5, 5.41) is 3.61. The predicted molar refractivity (Wildman–Crippen MR) is 148 cm³/mol. The molecule has 192 valence electrons. The first-order chi connectivity index (χ1) is 17.4. The number of carbonyl (C=O) groups is 1. The topological polar surface area (TPSA) is 64.3 Å². The van der Waals surface area contributed by atoms with Crippen LogP contribution in [0.1, 0.15) is 65.6 Å². The van der Waals surface area contributed by atoms with Crippen molar-refractivity contribution in [2.24, 2.45) is 0 Å². The highest BCUT2D eigenvalue weighted by Crippen LogP contribution is 2.34. The SMILES string of the molecule is CCN(c1cc(Cl)cc(C(=O)NCc2ncc(Cc3ccccc3)[nH]2)c1C)C1CCC(N(C)C)CC1. The van der Waals surface area contributed by atoms with Gasteiger partial charge in [-0.15, -0.1) is 0 Å². The molecule has 0 spiro atoms. The molecule has 1 saturated carbocycles. The van der Waals surface area contributed by atoms with E-state index >= 15 is 0 Å². The fourth-order valence-electron chi connectivity index (χ4n) is 5.37. The van der Waals surface area contributed by atoms with Gasteiger partial charge in [0.25, 0.3) is 5.91 Å². The van der Waals surface area contributed by atoms with Gasteiger partial charge in [-0.25, -0.2) is 4.98 Å². The van der Waals surface area contributed by atoms with Crippen molar-refractivity contribution < 1.29 is 4.79 Å². The van der Waals surface area contributed by atoms with Crippen LogP contribution in [0.15, 0.2) is 48.7 Å². The minimum Gasteiger partial charge on any atom is -0.369 e. The summed E-state index contributed by atoms with van der Waals surface area (Å²) in [6.45, 7) is 5.43. The third-order valence-electron chi connectivity index (χ3n) is 7.41. The van der Waals surface area contributed by atoms with Crippen LogP contribution in [-0.4, -0.2) is 53.5 Å². The third-order valence-corrected chi connectivity index (χ3v) is 7.63. The first kappa shape index (κ1) is 26.2. The second kappa shape index (κ2) is 11.9. The van der Waals surface area contributed by atoms with E-state index in [1.807, 2.05) is 37.4 Å². The van der Waals surface area contributed by atoms with Crippen molar-refractivity contribution in [3.05, 3.63) is 81.9 Å². The Labute approximate surface area is 220 Å². The van der Waals surface area contributed by atoms with Gasteiger partial charge in [-0.05, 0) is 76.9 Å². The van der Waals surface area contributed by atoms with Crippen molar-refractivity contribution in [3.8, 4) is 0 Å². The number of hydrogen-bond acceptors (Lipinski definition) is 4. The average molecular weight is 508 g/mol. The number of carbonyl (C=O) groups excluding carboxylic acids is 1. The molecule has 1 aromatic heterocycles. The zero-order valence-electron chi connectivity index (χ0n) is 21.9. The third kappa shape index (κ3) is 6.29. The number of nitrogens with zero attached hydrogens (tertiary/aromatic N) is 3. The van der Waals surface area contributed by atoms with E-state index in [9.17, 15) is 4.79 Å². The Hall–Kier alpha value is -2.83. The van der Waals surface area contributed by atoms with E-state index in [2.05, 4.69) is 58.2 Å². The van der Waals surface area contributed by atoms with Crippen LogP contribution in [0.3, 0.4) is 0 Å². The number of aromatic amines is 1. The van der Waals surface area contributed by atoms with E-state index in [1.54, 1.807) is 6.07 Å². The number of imidazole rings is 1.